The molecule has 1 aliphatic rings. The minimum Gasteiger partial charge on any atom is -0.464 e. The molecule has 172 valence electrons. The molecule has 7 heteroatoms. The standard InChI is InChI=1S/C25H29FINO4/c1-7-31-24(30)22(32-25(4,5)6)20-14(2)18-12-28(13-19(18)15(3)21(20)27)23(29)16-9-8-10-17(26)11-16/h8-11,22H,7,12-13H2,1-6H3/t22-/m0/s1. The van der Waals surface area contributed by atoms with Gasteiger partial charge >= 0.3 is 5.97 Å². The van der Waals surface area contributed by atoms with E-state index in [1.165, 1.54) is 18.2 Å². The van der Waals surface area contributed by atoms with E-state index in [4.69, 9.17) is 9.47 Å². The van der Waals surface area contributed by atoms with Crippen molar-refractivity contribution in [3.63, 3.8) is 0 Å². The zero-order valence-corrected chi connectivity index (χ0v) is 21.5. The third-order valence-electron chi connectivity index (χ3n) is 5.53. The molecule has 32 heavy (non-hydrogen) atoms. The van der Waals surface area contributed by atoms with E-state index in [-0.39, 0.29) is 12.5 Å². The number of amides is 1. The minimum atomic E-state index is -0.862. The van der Waals surface area contributed by atoms with Gasteiger partial charge in [-0.3, -0.25) is 4.79 Å². The van der Waals surface area contributed by atoms with Crippen molar-refractivity contribution >= 4 is 34.5 Å². The fourth-order valence-electron chi connectivity index (χ4n) is 4.04. The van der Waals surface area contributed by atoms with E-state index >= 15 is 0 Å². The number of carbonyl (C=O) groups excluding carboxylic acids is 2. The molecule has 2 aromatic carbocycles. The van der Waals surface area contributed by atoms with Crippen LogP contribution in [-0.2, 0) is 27.4 Å². The van der Waals surface area contributed by atoms with Gasteiger partial charge in [0.05, 0.1) is 12.2 Å². The van der Waals surface area contributed by atoms with Crippen LogP contribution in [0, 0.1) is 23.2 Å². The second-order valence-electron chi connectivity index (χ2n) is 8.97. The van der Waals surface area contributed by atoms with Crippen LogP contribution in [0.2, 0.25) is 0 Å². The highest BCUT2D eigenvalue weighted by Gasteiger charge is 2.36. The maximum atomic E-state index is 13.6. The molecule has 0 aromatic heterocycles. The Morgan fingerprint density at radius 1 is 1.16 bits per heavy atom. The Hall–Kier alpha value is -2.00. The average Bonchev–Trinajstić information content (AvgIpc) is 3.16. The lowest BCUT2D eigenvalue weighted by Gasteiger charge is -2.29. The third-order valence-corrected chi connectivity index (χ3v) is 6.92. The van der Waals surface area contributed by atoms with Crippen LogP contribution >= 0.6 is 22.6 Å². The van der Waals surface area contributed by atoms with Gasteiger partial charge in [0.2, 0.25) is 0 Å². The molecule has 0 saturated heterocycles. The van der Waals surface area contributed by atoms with Crippen molar-refractivity contribution in [3.8, 4) is 0 Å². The maximum Gasteiger partial charge on any atom is 0.340 e. The van der Waals surface area contributed by atoms with Crippen LogP contribution in [0.3, 0.4) is 0 Å². The second kappa shape index (κ2) is 9.47. The average molecular weight is 553 g/mol. The summed E-state index contributed by atoms with van der Waals surface area (Å²) in [6, 6.07) is 5.74. The van der Waals surface area contributed by atoms with Crippen molar-refractivity contribution in [2.24, 2.45) is 0 Å². The summed E-state index contributed by atoms with van der Waals surface area (Å²) in [5, 5.41) is 0. The van der Waals surface area contributed by atoms with Gasteiger partial charge in [0.25, 0.3) is 5.91 Å². The SMILES string of the molecule is CCOC(=O)[C@@H](OC(C)(C)C)c1c(C)c2c(c(C)c1I)CN(C(=O)c1cccc(F)c1)C2. The number of hydrogen-bond donors (Lipinski definition) is 0. The van der Waals surface area contributed by atoms with E-state index in [0.29, 0.717) is 18.7 Å². The number of nitrogens with zero attached hydrogens (tertiary/aromatic N) is 1. The number of ether oxygens (including phenoxy) is 2. The van der Waals surface area contributed by atoms with Crippen LogP contribution in [0.15, 0.2) is 24.3 Å². The fourth-order valence-corrected chi connectivity index (χ4v) is 5.05. The predicted octanol–water partition coefficient (Wildman–Crippen LogP) is 5.62. The Balaban J connectivity index is 2.04. The summed E-state index contributed by atoms with van der Waals surface area (Å²) >= 11 is 2.25. The number of esters is 1. The Bertz CT molecular complexity index is 1060. The first-order chi connectivity index (χ1) is 14.9. The van der Waals surface area contributed by atoms with E-state index in [1.807, 2.05) is 34.6 Å². The van der Waals surface area contributed by atoms with Crippen LogP contribution in [0.5, 0.6) is 0 Å². The summed E-state index contributed by atoms with van der Waals surface area (Å²) in [5.41, 5.74) is 4.57. The molecule has 0 radical (unpaired) electrons. The summed E-state index contributed by atoms with van der Waals surface area (Å²) in [4.78, 5) is 27.6. The fraction of sp³-hybridized carbons (Fsp3) is 0.440. The van der Waals surface area contributed by atoms with Crippen LogP contribution < -0.4 is 0 Å². The van der Waals surface area contributed by atoms with Gasteiger partial charge < -0.3 is 14.4 Å². The first-order valence-electron chi connectivity index (χ1n) is 10.6. The smallest absolute Gasteiger partial charge is 0.340 e. The molecule has 1 heterocycles. The Labute approximate surface area is 202 Å². The molecule has 0 spiro atoms. The van der Waals surface area contributed by atoms with Crippen molar-refractivity contribution in [3.05, 3.63) is 67.0 Å². The first-order valence-corrected chi connectivity index (χ1v) is 11.7. The molecule has 0 N–H and O–H groups in total. The number of benzene rings is 2. The summed E-state index contributed by atoms with van der Waals surface area (Å²) in [7, 11) is 0. The monoisotopic (exact) mass is 553 g/mol. The van der Waals surface area contributed by atoms with E-state index < -0.39 is 23.5 Å². The van der Waals surface area contributed by atoms with Crippen LogP contribution in [0.4, 0.5) is 4.39 Å². The highest BCUT2D eigenvalue weighted by atomic mass is 127. The lowest BCUT2D eigenvalue weighted by Crippen LogP contribution is -2.30. The van der Waals surface area contributed by atoms with E-state index in [9.17, 15) is 14.0 Å². The topological polar surface area (TPSA) is 55.8 Å². The largest absolute Gasteiger partial charge is 0.464 e. The van der Waals surface area contributed by atoms with Crippen LogP contribution in [0.1, 0.15) is 72.0 Å². The molecular formula is C25H29FINO4. The number of carbonyl (C=O) groups is 2. The number of fused-ring (bicyclic) bond motifs is 1. The van der Waals surface area contributed by atoms with Gasteiger partial charge in [-0.1, -0.05) is 6.07 Å². The Morgan fingerprint density at radius 3 is 2.34 bits per heavy atom. The number of hydrogen-bond acceptors (Lipinski definition) is 4. The molecule has 1 atom stereocenters. The molecule has 1 amide bonds. The molecular weight excluding hydrogens is 524 g/mol. The van der Waals surface area contributed by atoms with Gasteiger partial charge in [-0.25, -0.2) is 9.18 Å². The highest BCUT2D eigenvalue weighted by Crippen LogP contribution is 2.40. The maximum absolute atomic E-state index is 13.6. The van der Waals surface area contributed by atoms with E-state index in [0.717, 1.165) is 31.4 Å². The van der Waals surface area contributed by atoms with Gasteiger partial charge in [0, 0.05) is 27.8 Å². The van der Waals surface area contributed by atoms with Crippen molar-refractivity contribution in [2.75, 3.05) is 6.61 Å². The molecule has 5 nitrogen and oxygen atoms in total. The molecule has 1 aliphatic heterocycles. The molecule has 2 aromatic rings. The highest BCUT2D eigenvalue weighted by molar-refractivity contribution is 14.1. The van der Waals surface area contributed by atoms with Crippen molar-refractivity contribution in [2.45, 2.75) is 66.3 Å². The summed E-state index contributed by atoms with van der Waals surface area (Å²) in [5.74, 6) is -1.08. The quantitative estimate of drug-likeness (QED) is 0.356. The summed E-state index contributed by atoms with van der Waals surface area (Å²) in [6.07, 6.45) is -0.862. The summed E-state index contributed by atoms with van der Waals surface area (Å²) in [6.45, 7) is 12.5. The first kappa shape index (κ1) is 24.6. The van der Waals surface area contributed by atoms with Gasteiger partial charge in [0.15, 0.2) is 6.10 Å². The van der Waals surface area contributed by atoms with Gasteiger partial charge in [0.1, 0.15) is 5.82 Å². The zero-order chi connectivity index (χ0) is 23.8. The number of halogens is 2. The Morgan fingerprint density at radius 2 is 1.78 bits per heavy atom. The summed E-state index contributed by atoms with van der Waals surface area (Å²) < 4.78 is 26.1. The van der Waals surface area contributed by atoms with Gasteiger partial charge in [-0.05, 0) is 105 Å². The lowest BCUT2D eigenvalue weighted by molar-refractivity contribution is -0.167. The minimum absolute atomic E-state index is 0.219. The van der Waals surface area contributed by atoms with Crippen molar-refractivity contribution in [1.29, 1.82) is 0 Å². The molecule has 0 saturated carbocycles. The molecule has 0 unspecified atom stereocenters. The Kier molecular flexibility index (Phi) is 7.29. The van der Waals surface area contributed by atoms with Crippen LogP contribution in [-0.4, -0.2) is 29.0 Å². The van der Waals surface area contributed by atoms with Crippen molar-refractivity contribution in [1.82, 2.24) is 4.90 Å². The van der Waals surface area contributed by atoms with Gasteiger partial charge in [-0.2, -0.15) is 0 Å². The lowest BCUT2D eigenvalue weighted by atomic mass is 9.91. The second-order valence-corrected chi connectivity index (χ2v) is 10.0. The molecule has 0 bridgehead atoms. The molecule has 0 aliphatic carbocycles. The van der Waals surface area contributed by atoms with E-state index in [2.05, 4.69) is 22.6 Å². The zero-order valence-electron chi connectivity index (χ0n) is 19.3. The molecule has 0 fully saturated rings. The van der Waals surface area contributed by atoms with Crippen molar-refractivity contribution < 1.29 is 23.5 Å². The predicted molar refractivity (Wildman–Crippen MR) is 129 cm³/mol. The van der Waals surface area contributed by atoms with Gasteiger partial charge in [-0.15, -0.1) is 0 Å². The van der Waals surface area contributed by atoms with E-state index in [1.54, 1.807) is 17.9 Å². The number of rotatable bonds is 5. The normalized spacial score (nSPS) is 14.3. The molecule has 3 rings (SSSR count). The third kappa shape index (κ3) is 4.98. The van der Waals surface area contributed by atoms with Crippen LogP contribution in [0.25, 0.3) is 0 Å².